The Morgan fingerprint density at radius 2 is 2.00 bits per heavy atom. The second-order valence-electron chi connectivity index (χ2n) is 3.58. The molecular weight excluding hydrogens is 185 g/mol. The van der Waals surface area contributed by atoms with Crippen LogP contribution in [0.4, 0.5) is 10.1 Å². The minimum absolute atomic E-state index is 0.170. The second kappa shape index (κ2) is 3.74. The van der Waals surface area contributed by atoms with E-state index in [0.29, 0.717) is 5.56 Å². The van der Waals surface area contributed by atoms with Crippen molar-refractivity contribution >= 4 is 5.69 Å². The van der Waals surface area contributed by atoms with Gasteiger partial charge in [0.1, 0.15) is 0 Å². The molecule has 0 bridgehead atoms. The van der Waals surface area contributed by atoms with Gasteiger partial charge in [0.15, 0.2) is 0 Å². The lowest BCUT2D eigenvalue weighted by molar-refractivity contribution is -0.388. The van der Waals surface area contributed by atoms with Gasteiger partial charge in [-0.2, -0.15) is 4.39 Å². The van der Waals surface area contributed by atoms with E-state index < -0.39 is 16.4 Å². The summed E-state index contributed by atoms with van der Waals surface area (Å²) in [6.07, 6.45) is 0. The second-order valence-corrected chi connectivity index (χ2v) is 3.58. The van der Waals surface area contributed by atoms with E-state index in [1.807, 2.05) is 13.8 Å². The van der Waals surface area contributed by atoms with E-state index in [9.17, 15) is 14.5 Å². The molecule has 1 rings (SSSR count). The van der Waals surface area contributed by atoms with Gasteiger partial charge in [0.25, 0.3) is 0 Å². The monoisotopic (exact) mass is 197 g/mol. The molecule has 0 saturated heterocycles. The molecule has 0 amide bonds. The van der Waals surface area contributed by atoms with Crippen molar-refractivity contribution in [2.75, 3.05) is 0 Å². The van der Waals surface area contributed by atoms with Crippen LogP contribution in [0.1, 0.15) is 30.9 Å². The molecule has 1 aromatic carbocycles. The van der Waals surface area contributed by atoms with Crippen LogP contribution in [-0.4, -0.2) is 4.92 Å². The zero-order valence-corrected chi connectivity index (χ0v) is 8.37. The number of nitro benzene ring substituents is 1. The molecule has 3 nitrogen and oxygen atoms in total. The normalized spacial score (nSPS) is 10.6. The third-order valence-electron chi connectivity index (χ3n) is 2.13. The highest BCUT2D eigenvalue weighted by molar-refractivity contribution is 5.44. The molecule has 0 saturated carbocycles. The number of halogens is 1. The van der Waals surface area contributed by atoms with E-state index >= 15 is 0 Å². The van der Waals surface area contributed by atoms with Crippen molar-refractivity contribution in [1.29, 1.82) is 0 Å². The van der Waals surface area contributed by atoms with Gasteiger partial charge in [-0.3, -0.25) is 10.1 Å². The molecule has 76 valence electrons. The molecule has 0 radical (unpaired) electrons. The molecule has 0 unspecified atom stereocenters. The Hall–Kier alpha value is -1.45. The highest BCUT2D eigenvalue weighted by Crippen LogP contribution is 2.26. The molecule has 0 N–H and O–H groups in total. The fraction of sp³-hybridized carbons (Fsp3) is 0.400. The lowest BCUT2D eigenvalue weighted by Crippen LogP contribution is -1.99. The van der Waals surface area contributed by atoms with Gasteiger partial charge < -0.3 is 0 Å². The van der Waals surface area contributed by atoms with Gasteiger partial charge in [-0.15, -0.1) is 0 Å². The van der Waals surface area contributed by atoms with Crippen LogP contribution in [0.15, 0.2) is 12.1 Å². The molecule has 0 aromatic heterocycles. The molecule has 4 heteroatoms. The first-order chi connectivity index (χ1) is 6.43. The van der Waals surface area contributed by atoms with Crippen molar-refractivity contribution in [1.82, 2.24) is 0 Å². The Morgan fingerprint density at radius 1 is 1.43 bits per heavy atom. The van der Waals surface area contributed by atoms with Gasteiger partial charge >= 0.3 is 5.69 Å². The Balaban J connectivity index is 3.32. The van der Waals surface area contributed by atoms with Crippen LogP contribution in [0.25, 0.3) is 0 Å². The van der Waals surface area contributed by atoms with Crippen LogP contribution in [-0.2, 0) is 0 Å². The highest BCUT2D eigenvalue weighted by atomic mass is 19.1. The van der Waals surface area contributed by atoms with Gasteiger partial charge in [-0.1, -0.05) is 13.8 Å². The molecule has 0 atom stereocenters. The maximum Gasteiger partial charge on any atom is 0.307 e. The van der Waals surface area contributed by atoms with E-state index in [0.717, 1.165) is 5.56 Å². The predicted octanol–water partition coefficient (Wildman–Crippen LogP) is 3.17. The fourth-order valence-electron chi connectivity index (χ4n) is 1.33. The lowest BCUT2D eigenvalue weighted by atomic mass is 10.00. The summed E-state index contributed by atoms with van der Waals surface area (Å²) in [6, 6.07) is 2.89. The maximum absolute atomic E-state index is 13.3. The van der Waals surface area contributed by atoms with E-state index in [-0.39, 0.29) is 5.92 Å². The van der Waals surface area contributed by atoms with Gasteiger partial charge in [-0.25, -0.2) is 0 Å². The summed E-state index contributed by atoms with van der Waals surface area (Å²) < 4.78 is 13.3. The first-order valence-corrected chi connectivity index (χ1v) is 4.38. The standard InChI is InChI=1S/C10H12FNO2/c1-6(2)8-4-7(3)10(12(13)14)9(11)5-8/h4-6H,1-3H3. The van der Waals surface area contributed by atoms with Crippen LogP contribution in [0, 0.1) is 22.9 Å². The van der Waals surface area contributed by atoms with Crippen molar-refractivity contribution in [3.63, 3.8) is 0 Å². The molecule has 1 aromatic rings. The maximum atomic E-state index is 13.3. The molecule has 0 spiro atoms. The summed E-state index contributed by atoms with van der Waals surface area (Å²) in [5, 5.41) is 10.5. The summed E-state index contributed by atoms with van der Waals surface area (Å²) in [7, 11) is 0. The lowest BCUT2D eigenvalue weighted by Gasteiger charge is -2.07. The highest BCUT2D eigenvalue weighted by Gasteiger charge is 2.19. The van der Waals surface area contributed by atoms with E-state index in [4.69, 9.17) is 0 Å². The Kier molecular flexibility index (Phi) is 2.84. The zero-order chi connectivity index (χ0) is 10.9. The summed E-state index contributed by atoms with van der Waals surface area (Å²) in [5.41, 5.74) is 0.735. The van der Waals surface area contributed by atoms with Crippen molar-refractivity contribution in [3.8, 4) is 0 Å². The predicted molar refractivity (Wildman–Crippen MR) is 51.9 cm³/mol. The van der Waals surface area contributed by atoms with E-state index in [1.54, 1.807) is 13.0 Å². The molecule has 0 aliphatic carbocycles. The van der Waals surface area contributed by atoms with Crippen LogP contribution in [0.5, 0.6) is 0 Å². The molecule has 0 aliphatic heterocycles. The number of rotatable bonds is 2. The average Bonchev–Trinajstić information content (AvgIpc) is 2.01. The van der Waals surface area contributed by atoms with Crippen LogP contribution in [0.2, 0.25) is 0 Å². The number of hydrogen-bond donors (Lipinski definition) is 0. The van der Waals surface area contributed by atoms with Gasteiger partial charge in [-0.05, 0) is 30.5 Å². The smallest absolute Gasteiger partial charge is 0.258 e. The van der Waals surface area contributed by atoms with Crippen molar-refractivity contribution in [3.05, 3.63) is 39.2 Å². The van der Waals surface area contributed by atoms with Crippen molar-refractivity contribution in [2.45, 2.75) is 26.7 Å². The third kappa shape index (κ3) is 1.89. The number of nitro groups is 1. The molecule has 0 fully saturated rings. The summed E-state index contributed by atoms with van der Waals surface area (Å²) in [4.78, 5) is 9.80. The van der Waals surface area contributed by atoms with Crippen molar-refractivity contribution in [2.24, 2.45) is 0 Å². The minimum atomic E-state index is -0.751. The minimum Gasteiger partial charge on any atom is -0.258 e. The van der Waals surface area contributed by atoms with E-state index in [2.05, 4.69) is 0 Å². The number of hydrogen-bond acceptors (Lipinski definition) is 2. The summed E-state index contributed by atoms with van der Waals surface area (Å²) in [6.45, 7) is 5.38. The zero-order valence-electron chi connectivity index (χ0n) is 8.37. The number of aryl methyl sites for hydroxylation is 1. The summed E-state index contributed by atoms with van der Waals surface area (Å²) >= 11 is 0. The first kappa shape index (κ1) is 10.6. The van der Waals surface area contributed by atoms with Gasteiger partial charge in [0, 0.05) is 5.56 Å². The SMILES string of the molecule is Cc1cc(C(C)C)cc(F)c1[N+](=O)[O-]. The molecule has 14 heavy (non-hydrogen) atoms. The first-order valence-electron chi connectivity index (χ1n) is 4.38. The number of nitrogens with zero attached hydrogens (tertiary/aromatic N) is 1. The Labute approximate surface area is 81.7 Å². The van der Waals surface area contributed by atoms with Gasteiger partial charge in [0.2, 0.25) is 5.82 Å². The molecule has 0 aliphatic rings. The third-order valence-corrected chi connectivity index (χ3v) is 2.13. The summed E-state index contributed by atoms with van der Waals surface area (Å²) in [5.74, 6) is -0.581. The quantitative estimate of drug-likeness (QED) is 0.539. The number of benzene rings is 1. The fourth-order valence-corrected chi connectivity index (χ4v) is 1.33. The average molecular weight is 197 g/mol. The van der Waals surface area contributed by atoms with E-state index in [1.165, 1.54) is 6.07 Å². The molecular formula is C10H12FNO2. The van der Waals surface area contributed by atoms with Crippen LogP contribution >= 0.6 is 0 Å². The topological polar surface area (TPSA) is 43.1 Å². The van der Waals surface area contributed by atoms with Gasteiger partial charge in [0.05, 0.1) is 4.92 Å². The van der Waals surface area contributed by atoms with Crippen molar-refractivity contribution < 1.29 is 9.31 Å². The largest absolute Gasteiger partial charge is 0.307 e. The Bertz CT molecular complexity index is 351. The molecule has 0 heterocycles. The van der Waals surface area contributed by atoms with Crippen LogP contribution in [0.3, 0.4) is 0 Å². The Morgan fingerprint density at radius 3 is 2.36 bits per heavy atom. The van der Waals surface area contributed by atoms with Crippen LogP contribution < -0.4 is 0 Å².